The van der Waals surface area contributed by atoms with E-state index in [0.717, 1.165) is 53.8 Å². The summed E-state index contributed by atoms with van der Waals surface area (Å²) in [6.45, 7) is 3.80. The van der Waals surface area contributed by atoms with Crippen molar-refractivity contribution in [2.75, 3.05) is 13.1 Å². The van der Waals surface area contributed by atoms with E-state index in [1.807, 2.05) is 21.8 Å². The SMILES string of the molecule is CCc1c(C(=O)NN2CCCCC2)nn(-c2ccc(Cl)cc2Cl)c1C1C=CC(Br)=CC1. The van der Waals surface area contributed by atoms with Gasteiger partial charge in [-0.25, -0.2) is 9.69 Å². The highest BCUT2D eigenvalue weighted by molar-refractivity contribution is 9.11. The van der Waals surface area contributed by atoms with Crippen LogP contribution in [0.3, 0.4) is 0 Å². The molecule has 1 aromatic heterocycles. The van der Waals surface area contributed by atoms with Crippen LogP contribution in [-0.4, -0.2) is 33.8 Å². The Labute approximate surface area is 201 Å². The third-order valence-corrected chi connectivity index (χ3v) is 6.88. The largest absolute Gasteiger partial charge is 0.286 e. The molecule has 2 aromatic rings. The molecule has 2 heterocycles. The van der Waals surface area contributed by atoms with Gasteiger partial charge < -0.3 is 0 Å². The summed E-state index contributed by atoms with van der Waals surface area (Å²) < 4.78 is 2.88. The molecule has 0 bridgehead atoms. The van der Waals surface area contributed by atoms with Crippen LogP contribution in [0.4, 0.5) is 0 Å². The van der Waals surface area contributed by atoms with E-state index in [4.69, 9.17) is 28.3 Å². The molecular formula is C23H25BrCl2N4O. The highest BCUT2D eigenvalue weighted by Crippen LogP contribution is 2.36. The minimum absolute atomic E-state index is 0.0898. The zero-order valence-corrected chi connectivity index (χ0v) is 20.5. The van der Waals surface area contributed by atoms with Gasteiger partial charge in [-0.2, -0.15) is 5.10 Å². The first-order chi connectivity index (χ1) is 15.0. The van der Waals surface area contributed by atoms with E-state index in [1.165, 1.54) is 6.42 Å². The summed E-state index contributed by atoms with van der Waals surface area (Å²) in [5.41, 5.74) is 6.17. The fourth-order valence-corrected chi connectivity index (χ4v) is 5.04. The summed E-state index contributed by atoms with van der Waals surface area (Å²) in [5.74, 6) is -0.0765. The van der Waals surface area contributed by atoms with Crippen molar-refractivity contribution in [3.8, 4) is 5.69 Å². The molecule has 5 nitrogen and oxygen atoms in total. The van der Waals surface area contributed by atoms with Crippen LogP contribution in [0, 0.1) is 0 Å². The molecule has 164 valence electrons. The van der Waals surface area contributed by atoms with Crippen molar-refractivity contribution >= 4 is 45.0 Å². The van der Waals surface area contributed by atoms with Gasteiger partial charge in [0, 0.05) is 34.1 Å². The highest BCUT2D eigenvalue weighted by atomic mass is 79.9. The lowest BCUT2D eigenvalue weighted by Crippen LogP contribution is -2.45. The van der Waals surface area contributed by atoms with E-state index in [0.29, 0.717) is 22.2 Å². The zero-order chi connectivity index (χ0) is 22.0. The van der Waals surface area contributed by atoms with Crippen LogP contribution >= 0.6 is 39.1 Å². The van der Waals surface area contributed by atoms with E-state index in [-0.39, 0.29) is 11.8 Å². The summed E-state index contributed by atoms with van der Waals surface area (Å²) in [6, 6.07) is 5.35. The number of carbonyl (C=O) groups excluding carboxylic acids is 1. The Balaban J connectivity index is 1.79. The van der Waals surface area contributed by atoms with E-state index < -0.39 is 0 Å². The van der Waals surface area contributed by atoms with Crippen molar-refractivity contribution in [2.24, 2.45) is 0 Å². The molecule has 0 saturated carbocycles. The molecular weight excluding hydrogens is 499 g/mol. The summed E-state index contributed by atoms with van der Waals surface area (Å²) in [6.07, 6.45) is 11.2. The normalized spacial score (nSPS) is 19.4. The van der Waals surface area contributed by atoms with Crippen molar-refractivity contribution in [1.82, 2.24) is 20.2 Å². The molecule has 1 unspecified atom stereocenters. The second-order valence-electron chi connectivity index (χ2n) is 7.85. The average Bonchev–Trinajstić information content (AvgIpc) is 3.14. The number of hydrogen-bond acceptors (Lipinski definition) is 3. The predicted octanol–water partition coefficient (Wildman–Crippen LogP) is 6.19. The topological polar surface area (TPSA) is 50.2 Å². The number of hydrazine groups is 1. The van der Waals surface area contributed by atoms with Crippen LogP contribution in [0.1, 0.15) is 60.3 Å². The van der Waals surface area contributed by atoms with Gasteiger partial charge in [0.2, 0.25) is 0 Å². The number of benzene rings is 1. The van der Waals surface area contributed by atoms with E-state index in [9.17, 15) is 4.79 Å². The smallest absolute Gasteiger partial charge is 0.283 e. The number of hydrogen-bond donors (Lipinski definition) is 1. The maximum atomic E-state index is 13.2. The lowest BCUT2D eigenvalue weighted by atomic mass is 9.92. The second kappa shape index (κ2) is 9.90. The molecule has 0 radical (unpaired) electrons. The molecule has 1 saturated heterocycles. The molecule has 1 aromatic carbocycles. The van der Waals surface area contributed by atoms with E-state index in [2.05, 4.69) is 40.4 Å². The van der Waals surface area contributed by atoms with Gasteiger partial charge in [0.25, 0.3) is 5.91 Å². The number of carbonyl (C=O) groups is 1. The van der Waals surface area contributed by atoms with Crippen molar-refractivity contribution in [2.45, 2.75) is 44.9 Å². The molecule has 4 rings (SSSR count). The van der Waals surface area contributed by atoms with Gasteiger partial charge in [0.1, 0.15) is 0 Å². The van der Waals surface area contributed by atoms with Gasteiger partial charge >= 0.3 is 0 Å². The van der Waals surface area contributed by atoms with Crippen molar-refractivity contribution < 1.29 is 4.79 Å². The number of piperidine rings is 1. The molecule has 1 amide bonds. The highest BCUT2D eigenvalue weighted by Gasteiger charge is 2.29. The maximum Gasteiger partial charge on any atom is 0.286 e. The van der Waals surface area contributed by atoms with Crippen LogP contribution in [0.25, 0.3) is 5.69 Å². The number of allylic oxidation sites excluding steroid dienone is 4. The number of halogens is 3. The monoisotopic (exact) mass is 522 g/mol. The lowest BCUT2D eigenvalue weighted by molar-refractivity contribution is 0.0743. The Hall–Kier alpha value is -1.60. The third-order valence-electron chi connectivity index (χ3n) is 5.75. The van der Waals surface area contributed by atoms with Crippen molar-refractivity contribution in [3.05, 3.63) is 67.9 Å². The Morgan fingerprint density at radius 2 is 2.03 bits per heavy atom. The first-order valence-electron chi connectivity index (χ1n) is 10.6. The molecule has 1 aliphatic heterocycles. The number of rotatable bonds is 5. The molecule has 1 fully saturated rings. The van der Waals surface area contributed by atoms with Crippen molar-refractivity contribution in [3.63, 3.8) is 0 Å². The van der Waals surface area contributed by atoms with Crippen LogP contribution in [0.15, 0.2) is 40.9 Å². The summed E-state index contributed by atoms with van der Waals surface area (Å²) >= 11 is 16.2. The fraction of sp³-hybridized carbons (Fsp3) is 0.391. The molecule has 8 heteroatoms. The Kier molecular flexibility index (Phi) is 7.22. The first-order valence-corrected chi connectivity index (χ1v) is 12.2. The zero-order valence-electron chi connectivity index (χ0n) is 17.4. The van der Waals surface area contributed by atoms with E-state index >= 15 is 0 Å². The molecule has 2 aliphatic rings. The summed E-state index contributed by atoms with van der Waals surface area (Å²) in [4.78, 5) is 13.2. The fourth-order valence-electron chi connectivity index (χ4n) is 4.21. The maximum absolute atomic E-state index is 13.2. The Bertz CT molecular complexity index is 1040. The summed E-state index contributed by atoms with van der Waals surface area (Å²) in [5, 5.41) is 7.84. The first kappa shape index (κ1) is 22.6. The number of aromatic nitrogens is 2. The van der Waals surface area contributed by atoms with Gasteiger partial charge in [0.05, 0.1) is 16.4 Å². The van der Waals surface area contributed by atoms with E-state index in [1.54, 1.807) is 12.1 Å². The van der Waals surface area contributed by atoms with Crippen LogP contribution in [0.5, 0.6) is 0 Å². The van der Waals surface area contributed by atoms with Crippen LogP contribution in [-0.2, 0) is 6.42 Å². The average molecular weight is 524 g/mol. The minimum Gasteiger partial charge on any atom is -0.283 e. The standard InChI is InChI=1S/C23H25BrCl2N4O/c1-2-18-21(23(31)28-29-12-4-3-5-13-29)27-30(20-11-10-17(25)14-19(20)26)22(18)15-6-8-16(24)9-7-15/h6,8-11,14-15H,2-5,7,12-13H2,1H3,(H,28,31). The lowest BCUT2D eigenvalue weighted by Gasteiger charge is -2.26. The summed E-state index contributed by atoms with van der Waals surface area (Å²) in [7, 11) is 0. The number of amides is 1. The van der Waals surface area contributed by atoms with Gasteiger partial charge in [-0.05, 0) is 43.9 Å². The molecule has 0 spiro atoms. The quantitative estimate of drug-likeness (QED) is 0.508. The predicted molar refractivity (Wildman–Crippen MR) is 129 cm³/mol. The van der Waals surface area contributed by atoms with Gasteiger partial charge in [0.15, 0.2) is 5.69 Å². The van der Waals surface area contributed by atoms with Gasteiger partial charge in [-0.3, -0.25) is 10.2 Å². The molecule has 1 aliphatic carbocycles. The van der Waals surface area contributed by atoms with Gasteiger partial charge in [-0.15, -0.1) is 0 Å². The van der Waals surface area contributed by atoms with Crippen molar-refractivity contribution in [1.29, 1.82) is 0 Å². The molecule has 1 atom stereocenters. The number of nitrogens with zero attached hydrogens (tertiary/aromatic N) is 3. The molecule has 31 heavy (non-hydrogen) atoms. The second-order valence-corrected chi connectivity index (χ2v) is 9.61. The van der Waals surface area contributed by atoms with Gasteiger partial charge in [-0.1, -0.05) is 70.7 Å². The Morgan fingerprint density at radius 3 is 2.68 bits per heavy atom. The molecule has 1 N–H and O–H groups in total. The third kappa shape index (κ3) is 4.92. The minimum atomic E-state index is -0.166. The number of nitrogens with one attached hydrogen (secondary N) is 1. The van der Waals surface area contributed by atoms with Crippen LogP contribution < -0.4 is 5.43 Å². The van der Waals surface area contributed by atoms with Crippen LogP contribution in [0.2, 0.25) is 10.0 Å². The Morgan fingerprint density at radius 1 is 1.26 bits per heavy atom.